The summed E-state index contributed by atoms with van der Waals surface area (Å²) in [6, 6.07) is 0. The maximum Gasteiger partial charge on any atom is 0.224 e. The number of hydrogen-bond acceptors (Lipinski definition) is 2. The van der Waals surface area contributed by atoms with Crippen LogP contribution in [0.4, 0.5) is 0 Å². The predicted octanol–water partition coefficient (Wildman–Crippen LogP) is 1.65. The van der Waals surface area contributed by atoms with Gasteiger partial charge >= 0.3 is 0 Å². The second-order valence-corrected chi connectivity index (χ2v) is 4.28. The zero-order valence-electron chi connectivity index (χ0n) is 7.80. The van der Waals surface area contributed by atoms with E-state index in [9.17, 15) is 4.79 Å². The Labute approximate surface area is 78.5 Å². The SMILES string of the molecule is CCNC(=O)C1CCCC1SC. The number of rotatable bonds is 3. The van der Waals surface area contributed by atoms with Gasteiger partial charge in [0.25, 0.3) is 0 Å². The van der Waals surface area contributed by atoms with Gasteiger partial charge in [0.15, 0.2) is 0 Å². The summed E-state index contributed by atoms with van der Waals surface area (Å²) in [7, 11) is 0. The molecule has 1 aliphatic carbocycles. The second-order valence-electron chi connectivity index (χ2n) is 3.21. The van der Waals surface area contributed by atoms with Crippen molar-refractivity contribution in [2.45, 2.75) is 31.4 Å². The molecule has 0 radical (unpaired) electrons. The zero-order chi connectivity index (χ0) is 8.97. The molecule has 1 saturated carbocycles. The van der Waals surface area contributed by atoms with Crippen LogP contribution in [0.5, 0.6) is 0 Å². The first-order chi connectivity index (χ1) is 5.79. The molecule has 12 heavy (non-hydrogen) atoms. The van der Waals surface area contributed by atoms with Crippen LogP contribution in [0.15, 0.2) is 0 Å². The van der Waals surface area contributed by atoms with E-state index in [-0.39, 0.29) is 11.8 Å². The highest BCUT2D eigenvalue weighted by Gasteiger charge is 2.31. The number of carbonyl (C=O) groups excluding carboxylic acids is 1. The molecule has 0 aliphatic heterocycles. The highest BCUT2D eigenvalue weighted by atomic mass is 32.2. The van der Waals surface area contributed by atoms with Crippen molar-refractivity contribution in [2.24, 2.45) is 5.92 Å². The molecule has 1 amide bonds. The topological polar surface area (TPSA) is 29.1 Å². The van der Waals surface area contributed by atoms with Gasteiger partial charge in [0, 0.05) is 17.7 Å². The third kappa shape index (κ3) is 2.16. The monoisotopic (exact) mass is 187 g/mol. The Morgan fingerprint density at radius 2 is 2.33 bits per heavy atom. The van der Waals surface area contributed by atoms with Gasteiger partial charge in [-0.05, 0) is 26.0 Å². The molecule has 1 fully saturated rings. The summed E-state index contributed by atoms with van der Waals surface area (Å²) in [5.74, 6) is 0.536. The summed E-state index contributed by atoms with van der Waals surface area (Å²) in [4.78, 5) is 11.5. The Morgan fingerprint density at radius 1 is 1.58 bits per heavy atom. The maximum absolute atomic E-state index is 11.5. The number of thioether (sulfide) groups is 1. The lowest BCUT2D eigenvalue weighted by Crippen LogP contribution is -2.33. The average molecular weight is 187 g/mol. The van der Waals surface area contributed by atoms with Gasteiger partial charge in [-0.25, -0.2) is 0 Å². The smallest absolute Gasteiger partial charge is 0.224 e. The Morgan fingerprint density at radius 3 is 2.92 bits per heavy atom. The van der Waals surface area contributed by atoms with Crippen molar-refractivity contribution >= 4 is 17.7 Å². The molecule has 1 rings (SSSR count). The lowest BCUT2D eigenvalue weighted by molar-refractivity contribution is -0.124. The largest absolute Gasteiger partial charge is 0.356 e. The van der Waals surface area contributed by atoms with Gasteiger partial charge in [-0.3, -0.25) is 4.79 Å². The van der Waals surface area contributed by atoms with Crippen LogP contribution in [-0.2, 0) is 4.79 Å². The van der Waals surface area contributed by atoms with Gasteiger partial charge in [-0.1, -0.05) is 6.42 Å². The molecule has 0 spiro atoms. The number of hydrogen-bond donors (Lipinski definition) is 1. The van der Waals surface area contributed by atoms with Crippen LogP contribution in [0, 0.1) is 5.92 Å². The maximum atomic E-state index is 11.5. The molecule has 3 heteroatoms. The molecule has 2 nitrogen and oxygen atoms in total. The third-order valence-electron chi connectivity index (χ3n) is 2.44. The van der Waals surface area contributed by atoms with Crippen molar-refractivity contribution in [3.63, 3.8) is 0 Å². The van der Waals surface area contributed by atoms with E-state index in [4.69, 9.17) is 0 Å². The minimum atomic E-state index is 0.259. The molecule has 1 N–H and O–H groups in total. The van der Waals surface area contributed by atoms with Gasteiger partial charge in [0.2, 0.25) is 5.91 Å². The van der Waals surface area contributed by atoms with Crippen molar-refractivity contribution in [1.29, 1.82) is 0 Å². The fourth-order valence-electron chi connectivity index (χ4n) is 1.81. The molecule has 0 aromatic carbocycles. The third-order valence-corrected chi connectivity index (χ3v) is 3.61. The van der Waals surface area contributed by atoms with Gasteiger partial charge in [-0.15, -0.1) is 0 Å². The van der Waals surface area contributed by atoms with Crippen LogP contribution in [0.25, 0.3) is 0 Å². The van der Waals surface area contributed by atoms with Crippen LogP contribution in [0.1, 0.15) is 26.2 Å². The van der Waals surface area contributed by atoms with Crippen molar-refractivity contribution < 1.29 is 4.79 Å². The molecule has 0 heterocycles. The second kappa shape index (κ2) is 4.75. The Bertz CT molecular complexity index is 161. The first-order valence-corrected chi connectivity index (χ1v) is 5.89. The van der Waals surface area contributed by atoms with Gasteiger partial charge < -0.3 is 5.32 Å². The van der Waals surface area contributed by atoms with E-state index in [0.29, 0.717) is 5.25 Å². The Kier molecular flexibility index (Phi) is 3.92. The molecular weight excluding hydrogens is 170 g/mol. The van der Waals surface area contributed by atoms with E-state index in [1.807, 2.05) is 18.7 Å². The van der Waals surface area contributed by atoms with E-state index in [0.717, 1.165) is 13.0 Å². The summed E-state index contributed by atoms with van der Waals surface area (Å²) in [6.45, 7) is 2.73. The van der Waals surface area contributed by atoms with Crippen molar-refractivity contribution in [2.75, 3.05) is 12.8 Å². The van der Waals surface area contributed by atoms with Gasteiger partial charge in [-0.2, -0.15) is 11.8 Å². The molecule has 1 aliphatic rings. The first-order valence-electron chi connectivity index (χ1n) is 4.60. The standard InChI is InChI=1S/C9H17NOS/c1-3-10-9(11)7-5-4-6-8(7)12-2/h7-8H,3-6H2,1-2H3,(H,10,11). The first kappa shape index (κ1) is 9.90. The highest BCUT2D eigenvalue weighted by Crippen LogP contribution is 2.33. The number of nitrogens with one attached hydrogen (secondary N) is 1. The van der Waals surface area contributed by atoms with E-state index < -0.39 is 0 Å². The zero-order valence-corrected chi connectivity index (χ0v) is 8.62. The highest BCUT2D eigenvalue weighted by molar-refractivity contribution is 7.99. The lowest BCUT2D eigenvalue weighted by atomic mass is 10.1. The van der Waals surface area contributed by atoms with Crippen LogP contribution >= 0.6 is 11.8 Å². The minimum Gasteiger partial charge on any atom is -0.356 e. The number of carbonyl (C=O) groups is 1. The fourth-order valence-corrected chi connectivity index (χ4v) is 2.80. The average Bonchev–Trinajstić information content (AvgIpc) is 2.51. The molecule has 0 aromatic rings. The molecule has 2 unspecified atom stereocenters. The van der Waals surface area contributed by atoms with Crippen LogP contribution in [0.3, 0.4) is 0 Å². The molecule has 70 valence electrons. The summed E-state index contributed by atoms with van der Waals surface area (Å²) in [5, 5.41) is 3.47. The van der Waals surface area contributed by atoms with E-state index in [1.54, 1.807) is 0 Å². The van der Waals surface area contributed by atoms with Crippen LogP contribution in [0.2, 0.25) is 0 Å². The minimum absolute atomic E-state index is 0.259. The Hall–Kier alpha value is -0.180. The van der Waals surface area contributed by atoms with Gasteiger partial charge in [0.05, 0.1) is 0 Å². The molecule has 0 aromatic heterocycles. The number of amides is 1. The van der Waals surface area contributed by atoms with E-state index in [1.165, 1.54) is 12.8 Å². The van der Waals surface area contributed by atoms with Crippen LogP contribution in [-0.4, -0.2) is 24.0 Å². The summed E-state index contributed by atoms with van der Waals surface area (Å²) < 4.78 is 0. The molecule has 0 saturated heterocycles. The quantitative estimate of drug-likeness (QED) is 0.728. The fraction of sp³-hybridized carbons (Fsp3) is 0.889. The van der Waals surface area contributed by atoms with Crippen molar-refractivity contribution in [1.82, 2.24) is 5.32 Å². The van der Waals surface area contributed by atoms with E-state index >= 15 is 0 Å². The van der Waals surface area contributed by atoms with Crippen LogP contribution < -0.4 is 5.32 Å². The molecule has 2 atom stereocenters. The molecular formula is C9H17NOS. The molecule has 0 bridgehead atoms. The lowest BCUT2D eigenvalue weighted by Gasteiger charge is -2.16. The Balaban J connectivity index is 2.43. The summed E-state index contributed by atoms with van der Waals surface area (Å²) >= 11 is 1.83. The summed E-state index contributed by atoms with van der Waals surface area (Å²) in [6.07, 6.45) is 5.61. The van der Waals surface area contributed by atoms with E-state index in [2.05, 4.69) is 11.6 Å². The normalized spacial score (nSPS) is 28.8. The van der Waals surface area contributed by atoms with Crippen molar-refractivity contribution in [3.8, 4) is 0 Å². The predicted molar refractivity (Wildman–Crippen MR) is 53.3 cm³/mol. The van der Waals surface area contributed by atoms with Crippen molar-refractivity contribution in [3.05, 3.63) is 0 Å². The summed E-state index contributed by atoms with van der Waals surface area (Å²) in [5.41, 5.74) is 0. The van der Waals surface area contributed by atoms with Gasteiger partial charge in [0.1, 0.15) is 0 Å².